The standard InChI is InChI=1S/C15H24N2O3S/c1-3-10-16-13-7-4-5-8-14(13)21(18,19)17-12-15(2)9-6-11-20-15/h4-5,7-8,16-17H,3,6,9-12H2,1-2H3. The summed E-state index contributed by atoms with van der Waals surface area (Å²) in [6.07, 6.45) is 2.80. The van der Waals surface area contributed by atoms with Gasteiger partial charge in [0.1, 0.15) is 4.90 Å². The first kappa shape index (κ1) is 16.3. The van der Waals surface area contributed by atoms with Gasteiger partial charge in [0.25, 0.3) is 0 Å². The van der Waals surface area contributed by atoms with Crippen molar-refractivity contribution in [2.45, 2.75) is 43.6 Å². The van der Waals surface area contributed by atoms with Gasteiger partial charge in [0.05, 0.1) is 11.3 Å². The topological polar surface area (TPSA) is 67.4 Å². The lowest BCUT2D eigenvalue weighted by Gasteiger charge is -2.23. The molecule has 0 saturated carbocycles. The van der Waals surface area contributed by atoms with Gasteiger partial charge in [-0.2, -0.15) is 0 Å². The summed E-state index contributed by atoms with van der Waals surface area (Å²) in [5, 5.41) is 3.16. The second-order valence-corrected chi connectivity index (χ2v) is 7.38. The third kappa shape index (κ3) is 4.18. The Labute approximate surface area is 127 Å². The predicted molar refractivity (Wildman–Crippen MR) is 84.0 cm³/mol. The number of rotatable bonds is 7. The van der Waals surface area contributed by atoms with E-state index in [9.17, 15) is 8.42 Å². The van der Waals surface area contributed by atoms with Gasteiger partial charge in [0.2, 0.25) is 10.0 Å². The first-order valence-electron chi connectivity index (χ1n) is 7.43. The fourth-order valence-electron chi connectivity index (χ4n) is 2.41. The summed E-state index contributed by atoms with van der Waals surface area (Å²) in [6.45, 7) is 5.74. The molecule has 1 fully saturated rings. The molecule has 0 bridgehead atoms. The quantitative estimate of drug-likeness (QED) is 0.811. The van der Waals surface area contributed by atoms with E-state index in [2.05, 4.69) is 10.0 Å². The highest BCUT2D eigenvalue weighted by molar-refractivity contribution is 7.89. The van der Waals surface area contributed by atoms with Crippen LogP contribution in [0.3, 0.4) is 0 Å². The highest BCUT2D eigenvalue weighted by Gasteiger charge is 2.31. The lowest BCUT2D eigenvalue weighted by Crippen LogP contribution is -2.40. The van der Waals surface area contributed by atoms with Crippen LogP contribution < -0.4 is 10.0 Å². The van der Waals surface area contributed by atoms with Crippen LogP contribution in [-0.2, 0) is 14.8 Å². The fourth-order valence-corrected chi connectivity index (χ4v) is 3.75. The second kappa shape index (κ2) is 6.77. The molecule has 1 aromatic rings. The van der Waals surface area contributed by atoms with Crippen molar-refractivity contribution in [3.05, 3.63) is 24.3 Å². The predicted octanol–water partition coefficient (Wildman–Crippen LogP) is 2.36. The molecule has 1 aliphatic rings. The number of anilines is 1. The molecule has 1 aromatic carbocycles. The minimum atomic E-state index is -3.54. The monoisotopic (exact) mass is 312 g/mol. The summed E-state index contributed by atoms with van der Waals surface area (Å²) < 4.78 is 33.3. The maximum Gasteiger partial charge on any atom is 0.242 e. The lowest BCUT2D eigenvalue weighted by molar-refractivity contribution is 0.0250. The van der Waals surface area contributed by atoms with Crippen LogP contribution in [0, 0.1) is 0 Å². The Bertz CT molecular complexity index is 566. The van der Waals surface area contributed by atoms with Crippen LogP contribution >= 0.6 is 0 Å². The van der Waals surface area contributed by atoms with Crippen molar-refractivity contribution in [1.29, 1.82) is 0 Å². The molecule has 0 spiro atoms. The zero-order valence-corrected chi connectivity index (χ0v) is 13.5. The summed E-state index contributed by atoms with van der Waals surface area (Å²) in [7, 11) is -3.54. The fraction of sp³-hybridized carbons (Fsp3) is 0.600. The van der Waals surface area contributed by atoms with Crippen molar-refractivity contribution in [2.24, 2.45) is 0 Å². The molecular weight excluding hydrogens is 288 g/mol. The zero-order valence-electron chi connectivity index (χ0n) is 12.7. The molecule has 6 heteroatoms. The molecule has 2 rings (SSSR count). The summed E-state index contributed by atoms with van der Waals surface area (Å²) >= 11 is 0. The average molecular weight is 312 g/mol. The van der Waals surface area contributed by atoms with Crippen LogP contribution in [0.1, 0.15) is 33.1 Å². The van der Waals surface area contributed by atoms with Crippen LogP contribution in [0.25, 0.3) is 0 Å². The van der Waals surface area contributed by atoms with Crippen LogP contribution in [0.5, 0.6) is 0 Å². The van der Waals surface area contributed by atoms with Crippen LogP contribution in [0.15, 0.2) is 29.2 Å². The van der Waals surface area contributed by atoms with Gasteiger partial charge in [-0.15, -0.1) is 0 Å². The van der Waals surface area contributed by atoms with E-state index in [0.717, 1.165) is 25.8 Å². The Morgan fingerprint density at radius 2 is 2.10 bits per heavy atom. The Balaban J connectivity index is 2.11. The molecule has 0 aliphatic carbocycles. The molecule has 1 heterocycles. The normalized spacial score (nSPS) is 22.4. The number of benzene rings is 1. The van der Waals surface area contributed by atoms with Crippen LogP contribution in [-0.4, -0.2) is 33.7 Å². The van der Waals surface area contributed by atoms with Crippen molar-refractivity contribution in [3.8, 4) is 0 Å². The van der Waals surface area contributed by atoms with E-state index in [4.69, 9.17) is 4.74 Å². The molecule has 0 amide bonds. The molecule has 1 atom stereocenters. The van der Waals surface area contributed by atoms with Gasteiger partial charge in [0, 0.05) is 19.7 Å². The SMILES string of the molecule is CCCNc1ccccc1S(=O)(=O)NCC1(C)CCCO1. The first-order valence-corrected chi connectivity index (χ1v) is 8.92. The number of hydrogen-bond acceptors (Lipinski definition) is 4. The minimum Gasteiger partial charge on any atom is -0.384 e. The number of nitrogens with one attached hydrogen (secondary N) is 2. The highest BCUT2D eigenvalue weighted by Crippen LogP contribution is 2.26. The molecule has 1 unspecified atom stereocenters. The van der Waals surface area contributed by atoms with E-state index >= 15 is 0 Å². The van der Waals surface area contributed by atoms with E-state index in [1.54, 1.807) is 18.2 Å². The average Bonchev–Trinajstić information content (AvgIpc) is 2.91. The van der Waals surface area contributed by atoms with Gasteiger partial charge in [0.15, 0.2) is 0 Å². The summed E-state index contributed by atoms with van der Waals surface area (Å²) in [6, 6.07) is 6.98. The molecular formula is C15H24N2O3S. The number of ether oxygens (including phenoxy) is 1. The third-order valence-electron chi connectivity index (χ3n) is 3.68. The van der Waals surface area contributed by atoms with Crippen LogP contribution in [0.2, 0.25) is 0 Å². The van der Waals surface area contributed by atoms with Gasteiger partial charge < -0.3 is 10.1 Å². The Kier molecular flexibility index (Phi) is 5.24. The van der Waals surface area contributed by atoms with Gasteiger partial charge in [-0.05, 0) is 38.3 Å². The van der Waals surface area contributed by atoms with Gasteiger partial charge >= 0.3 is 0 Å². The van der Waals surface area contributed by atoms with Crippen molar-refractivity contribution in [3.63, 3.8) is 0 Å². The first-order chi connectivity index (χ1) is 9.97. The van der Waals surface area contributed by atoms with Gasteiger partial charge in [-0.1, -0.05) is 19.1 Å². The van der Waals surface area contributed by atoms with E-state index in [0.29, 0.717) is 23.7 Å². The Morgan fingerprint density at radius 3 is 2.76 bits per heavy atom. The molecule has 0 radical (unpaired) electrons. The smallest absolute Gasteiger partial charge is 0.242 e. The Hall–Kier alpha value is -1.11. The summed E-state index contributed by atoms with van der Waals surface area (Å²) in [4.78, 5) is 0.292. The van der Waals surface area contributed by atoms with Crippen molar-refractivity contribution in [1.82, 2.24) is 4.72 Å². The molecule has 5 nitrogen and oxygen atoms in total. The summed E-state index contributed by atoms with van der Waals surface area (Å²) in [5.74, 6) is 0. The van der Waals surface area contributed by atoms with Gasteiger partial charge in [-0.25, -0.2) is 13.1 Å². The van der Waals surface area contributed by atoms with E-state index in [1.165, 1.54) is 0 Å². The second-order valence-electron chi connectivity index (χ2n) is 5.65. The minimum absolute atomic E-state index is 0.292. The van der Waals surface area contributed by atoms with E-state index in [-0.39, 0.29) is 0 Å². The molecule has 1 saturated heterocycles. The number of para-hydroxylation sites is 1. The largest absolute Gasteiger partial charge is 0.384 e. The molecule has 0 aromatic heterocycles. The number of hydrogen-bond donors (Lipinski definition) is 2. The Morgan fingerprint density at radius 1 is 1.33 bits per heavy atom. The maximum absolute atomic E-state index is 12.5. The highest BCUT2D eigenvalue weighted by atomic mass is 32.2. The van der Waals surface area contributed by atoms with Crippen LogP contribution in [0.4, 0.5) is 5.69 Å². The maximum atomic E-state index is 12.5. The van der Waals surface area contributed by atoms with Gasteiger partial charge in [-0.3, -0.25) is 0 Å². The van der Waals surface area contributed by atoms with Crippen molar-refractivity contribution >= 4 is 15.7 Å². The molecule has 1 aliphatic heterocycles. The van der Waals surface area contributed by atoms with Crippen molar-refractivity contribution in [2.75, 3.05) is 25.0 Å². The molecule has 2 N–H and O–H groups in total. The van der Waals surface area contributed by atoms with E-state index < -0.39 is 15.6 Å². The number of sulfonamides is 1. The summed E-state index contributed by atoms with van der Waals surface area (Å²) in [5.41, 5.74) is 0.253. The third-order valence-corrected chi connectivity index (χ3v) is 5.14. The lowest BCUT2D eigenvalue weighted by atomic mass is 10.0. The zero-order chi connectivity index (χ0) is 15.3. The molecule has 118 valence electrons. The van der Waals surface area contributed by atoms with E-state index in [1.807, 2.05) is 19.9 Å². The van der Waals surface area contributed by atoms with Crippen molar-refractivity contribution < 1.29 is 13.2 Å². The molecule has 21 heavy (non-hydrogen) atoms.